The van der Waals surface area contributed by atoms with E-state index in [0.717, 1.165) is 62.1 Å². The zero-order chi connectivity index (χ0) is 17.3. The van der Waals surface area contributed by atoms with Gasteiger partial charge >= 0.3 is 0 Å². The Morgan fingerprint density at radius 1 is 0.846 bits per heavy atom. The Kier molecular flexibility index (Phi) is 3.92. The van der Waals surface area contributed by atoms with Gasteiger partial charge in [-0.1, -0.05) is 6.07 Å². The average molecular weight is 349 g/mol. The van der Waals surface area contributed by atoms with E-state index in [-0.39, 0.29) is 0 Å². The molecule has 0 aliphatic carbocycles. The molecule has 3 aromatic heterocycles. The summed E-state index contributed by atoms with van der Waals surface area (Å²) in [6, 6.07) is 8.20. The van der Waals surface area contributed by atoms with Crippen LogP contribution in [0.15, 0.2) is 36.8 Å². The summed E-state index contributed by atoms with van der Waals surface area (Å²) < 4.78 is 2.12. The van der Waals surface area contributed by atoms with Gasteiger partial charge in [0.25, 0.3) is 0 Å². The van der Waals surface area contributed by atoms with E-state index in [1.165, 1.54) is 12.8 Å². The highest BCUT2D eigenvalue weighted by atomic mass is 15.3. The van der Waals surface area contributed by atoms with Crippen LogP contribution >= 0.6 is 0 Å². The van der Waals surface area contributed by atoms with E-state index < -0.39 is 0 Å². The predicted octanol–water partition coefficient (Wildman–Crippen LogP) is 2.50. The van der Waals surface area contributed by atoms with Crippen molar-refractivity contribution in [2.45, 2.75) is 31.6 Å². The number of nitrogens with zero attached hydrogens (tertiary/aromatic N) is 7. The van der Waals surface area contributed by atoms with E-state index >= 15 is 0 Å². The van der Waals surface area contributed by atoms with E-state index in [4.69, 9.17) is 0 Å². The molecule has 26 heavy (non-hydrogen) atoms. The number of rotatable bonds is 3. The normalized spacial score (nSPS) is 18.8. The summed E-state index contributed by atoms with van der Waals surface area (Å²) in [5.41, 5.74) is 0.927. The van der Waals surface area contributed by atoms with Crippen LogP contribution in [0.4, 0.5) is 11.6 Å². The minimum atomic E-state index is 0.448. The van der Waals surface area contributed by atoms with E-state index in [1.54, 1.807) is 6.33 Å². The van der Waals surface area contributed by atoms with E-state index in [2.05, 4.69) is 46.6 Å². The van der Waals surface area contributed by atoms with Crippen molar-refractivity contribution in [3.63, 3.8) is 0 Å². The quantitative estimate of drug-likeness (QED) is 0.724. The Balaban J connectivity index is 1.30. The fraction of sp³-hybridized carbons (Fsp3) is 0.474. The Labute approximate surface area is 152 Å². The summed E-state index contributed by atoms with van der Waals surface area (Å²) in [7, 11) is 0. The van der Waals surface area contributed by atoms with Crippen LogP contribution in [-0.4, -0.2) is 50.7 Å². The average Bonchev–Trinajstić information content (AvgIpc) is 3.38. The Hall–Kier alpha value is -2.70. The molecule has 0 amide bonds. The molecule has 0 bridgehead atoms. The van der Waals surface area contributed by atoms with Gasteiger partial charge in [-0.2, -0.15) is 0 Å². The van der Waals surface area contributed by atoms with Gasteiger partial charge < -0.3 is 9.80 Å². The SMILES string of the molecule is c1ccn2c(C3CCN(c4cc(N5CCCC5)ncn4)CC3)nnc2c1. The molecule has 0 atom stereocenters. The van der Waals surface area contributed by atoms with Crippen LogP contribution in [0.5, 0.6) is 0 Å². The van der Waals surface area contributed by atoms with Gasteiger partial charge in [0.15, 0.2) is 5.65 Å². The van der Waals surface area contributed by atoms with Crippen molar-refractivity contribution in [1.29, 1.82) is 0 Å². The molecule has 5 heterocycles. The first-order chi connectivity index (χ1) is 12.9. The van der Waals surface area contributed by atoms with Crippen molar-refractivity contribution in [1.82, 2.24) is 24.6 Å². The van der Waals surface area contributed by atoms with Crippen LogP contribution in [0.1, 0.15) is 37.4 Å². The highest BCUT2D eigenvalue weighted by Gasteiger charge is 2.25. The second-order valence-corrected chi connectivity index (χ2v) is 7.18. The van der Waals surface area contributed by atoms with Gasteiger partial charge in [0.1, 0.15) is 23.8 Å². The third-order valence-electron chi connectivity index (χ3n) is 5.59. The number of anilines is 2. The molecule has 0 N–H and O–H groups in total. The number of hydrogen-bond acceptors (Lipinski definition) is 6. The van der Waals surface area contributed by atoms with Gasteiger partial charge in [-0.25, -0.2) is 9.97 Å². The molecular formula is C19H23N7. The monoisotopic (exact) mass is 349 g/mol. The lowest BCUT2D eigenvalue weighted by atomic mass is 9.96. The highest BCUT2D eigenvalue weighted by Crippen LogP contribution is 2.30. The van der Waals surface area contributed by atoms with Crippen molar-refractivity contribution in [3.05, 3.63) is 42.6 Å². The summed E-state index contributed by atoms with van der Waals surface area (Å²) >= 11 is 0. The third-order valence-corrected chi connectivity index (χ3v) is 5.59. The van der Waals surface area contributed by atoms with Crippen molar-refractivity contribution in [3.8, 4) is 0 Å². The number of piperidine rings is 1. The zero-order valence-corrected chi connectivity index (χ0v) is 14.8. The number of hydrogen-bond donors (Lipinski definition) is 0. The summed E-state index contributed by atoms with van der Waals surface area (Å²) in [4.78, 5) is 13.7. The van der Waals surface area contributed by atoms with E-state index in [9.17, 15) is 0 Å². The maximum atomic E-state index is 4.53. The maximum Gasteiger partial charge on any atom is 0.160 e. The Bertz CT molecular complexity index is 892. The molecule has 7 nitrogen and oxygen atoms in total. The summed E-state index contributed by atoms with van der Waals surface area (Å²) in [6.07, 6.45) is 8.43. The lowest BCUT2D eigenvalue weighted by Crippen LogP contribution is -2.34. The first kappa shape index (κ1) is 15.5. The fourth-order valence-corrected chi connectivity index (χ4v) is 4.13. The van der Waals surface area contributed by atoms with E-state index in [0.29, 0.717) is 5.92 Å². The third kappa shape index (κ3) is 2.77. The molecule has 0 aromatic carbocycles. The second-order valence-electron chi connectivity index (χ2n) is 7.18. The molecule has 3 aromatic rings. The van der Waals surface area contributed by atoms with Crippen molar-refractivity contribution >= 4 is 17.3 Å². The van der Waals surface area contributed by atoms with Gasteiger partial charge in [0.05, 0.1) is 0 Å². The van der Waals surface area contributed by atoms with Gasteiger partial charge in [-0.3, -0.25) is 4.40 Å². The van der Waals surface area contributed by atoms with Gasteiger partial charge in [0, 0.05) is 44.4 Å². The van der Waals surface area contributed by atoms with Crippen LogP contribution in [0.3, 0.4) is 0 Å². The lowest BCUT2D eigenvalue weighted by molar-refractivity contribution is 0.480. The predicted molar refractivity (Wildman–Crippen MR) is 101 cm³/mol. The van der Waals surface area contributed by atoms with Crippen molar-refractivity contribution < 1.29 is 0 Å². The van der Waals surface area contributed by atoms with Gasteiger partial charge in [-0.05, 0) is 37.8 Å². The van der Waals surface area contributed by atoms with Gasteiger partial charge in [0.2, 0.25) is 0 Å². The van der Waals surface area contributed by atoms with E-state index in [1.807, 2.05) is 18.2 Å². The minimum Gasteiger partial charge on any atom is -0.356 e. The molecule has 5 rings (SSSR count). The van der Waals surface area contributed by atoms with Crippen molar-refractivity contribution in [2.24, 2.45) is 0 Å². The number of aromatic nitrogens is 5. The smallest absolute Gasteiger partial charge is 0.160 e. The first-order valence-corrected chi connectivity index (χ1v) is 9.50. The lowest BCUT2D eigenvalue weighted by Gasteiger charge is -2.32. The molecule has 0 spiro atoms. The van der Waals surface area contributed by atoms with Crippen LogP contribution < -0.4 is 9.80 Å². The zero-order valence-electron chi connectivity index (χ0n) is 14.8. The first-order valence-electron chi connectivity index (χ1n) is 9.50. The number of fused-ring (bicyclic) bond motifs is 1. The largest absolute Gasteiger partial charge is 0.356 e. The van der Waals surface area contributed by atoms with Crippen LogP contribution in [0.25, 0.3) is 5.65 Å². The molecule has 0 radical (unpaired) electrons. The highest BCUT2D eigenvalue weighted by molar-refractivity contribution is 5.51. The summed E-state index contributed by atoms with van der Waals surface area (Å²) in [6.45, 7) is 4.20. The molecule has 2 fully saturated rings. The topological polar surface area (TPSA) is 62.5 Å². The molecule has 2 saturated heterocycles. The van der Waals surface area contributed by atoms with Crippen LogP contribution in [0.2, 0.25) is 0 Å². The second kappa shape index (κ2) is 6.55. The molecule has 0 unspecified atom stereocenters. The fourth-order valence-electron chi connectivity index (χ4n) is 4.13. The standard InChI is InChI=1S/C19H23N7/c1-2-10-26-16(5-1)22-23-19(26)15-6-11-25(12-7-15)18-13-17(20-14-21-18)24-8-3-4-9-24/h1-2,5,10,13-15H,3-4,6-9,11-12H2. The molecule has 2 aliphatic heterocycles. The van der Waals surface area contributed by atoms with Crippen molar-refractivity contribution in [2.75, 3.05) is 36.0 Å². The Morgan fingerprint density at radius 2 is 1.58 bits per heavy atom. The van der Waals surface area contributed by atoms with Crippen LogP contribution in [0, 0.1) is 0 Å². The molecule has 2 aliphatic rings. The molecule has 0 saturated carbocycles. The molecule has 7 heteroatoms. The maximum absolute atomic E-state index is 4.53. The summed E-state index contributed by atoms with van der Waals surface area (Å²) in [5.74, 6) is 3.65. The minimum absolute atomic E-state index is 0.448. The Morgan fingerprint density at radius 3 is 2.35 bits per heavy atom. The van der Waals surface area contributed by atoms with Gasteiger partial charge in [-0.15, -0.1) is 10.2 Å². The van der Waals surface area contributed by atoms with Crippen LogP contribution in [-0.2, 0) is 0 Å². The molecular weight excluding hydrogens is 326 g/mol. The summed E-state index contributed by atoms with van der Waals surface area (Å²) in [5, 5.41) is 8.75. The molecule has 134 valence electrons. The number of pyridine rings is 1.